The predicted octanol–water partition coefficient (Wildman–Crippen LogP) is 6.92. The molecule has 0 spiro atoms. The van der Waals surface area contributed by atoms with E-state index >= 15 is 0 Å². The molecule has 0 aliphatic carbocycles. The van der Waals surface area contributed by atoms with Crippen molar-refractivity contribution in [2.24, 2.45) is 17.8 Å². The van der Waals surface area contributed by atoms with Gasteiger partial charge in [-0.05, 0) is 76.9 Å². The normalized spacial score (nSPS) is 22.5. The molecule has 46 heavy (non-hydrogen) atoms. The maximum Gasteiger partial charge on any atom is 0.223 e. The van der Waals surface area contributed by atoms with Crippen LogP contribution in [0.4, 0.5) is 0 Å². The van der Waals surface area contributed by atoms with Crippen LogP contribution in [0.25, 0.3) is 44.2 Å². The van der Waals surface area contributed by atoms with Crippen molar-refractivity contribution in [3.63, 3.8) is 0 Å². The second-order valence-electron chi connectivity index (χ2n) is 14.0. The number of aromatic amines is 2. The van der Waals surface area contributed by atoms with Crippen LogP contribution in [-0.2, 0) is 16.1 Å². The number of hydrogen-bond donors (Lipinski definition) is 3. The van der Waals surface area contributed by atoms with E-state index in [4.69, 9.17) is 19.4 Å². The minimum atomic E-state index is -0.00446. The standard InChI is InChI=1S/C37H42N6O3/c1-20(2)9-34(44)43-17-21(3)10-32(43)37-39-16-31(41-37)24-5-7-26-25(12-24)19-46-33-14-27-23(13-28(26)33)6-8-29-35(27)42-36(40-29)30-11-22(15-38-30)18-45-4/h5-8,12-14,16,20-22,30,32,38H,9-11,15,17-19H2,1-4H3,(H,39,41)(H,40,42)/t21-,22-,30-,32-/m0/s1. The van der Waals surface area contributed by atoms with Crippen molar-refractivity contribution in [2.45, 2.75) is 58.7 Å². The number of hydrogen-bond acceptors (Lipinski definition) is 6. The highest BCUT2D eigenvalue weighted by atomic mass is 16.5. The van der Waals surface area contributed by atoms with Gasteiger partial charge in [0, 0.05) is 37.6 Å². The van der Waals surface area contributed by atoms with Gasteiger partial charge in [-0.3, -0.25) is 4.79 Å². The highest BCUT2D eigenvalue weighted by Gasteiger charge is 2.36. The van der Waals surface area contributed by atoms with E-state index in [1.54, 1.807) is 7.11 Å². The number of carbonyl (C=O) groups excluding carboxylic acids is 1. The number of nitrogens with zero attached hydrogens (tertiary/aromatic N) is 3. The van der Waals surface area contributed by atoms with Crippen LogP contribution in [-0.4, -0.2) is 57.5 Å². The van der Waals surface area contributed by atoms with Crippen LogP contribution in [0.2, 0.25) is 0 Å². The zero-order chi connectivity index (χ0) is 31.5. The van der Waals surface area contributed by atoms with Crippen LogP contribution in [0, 0.1) is 17.8 Å². The average molecular weight is 619 g/mol. The molecule has 0 saturated carbocycles. The van der Waals surface area contributed by atoms with Crippen LogP contribution < -0.4 is 10.1 Å². The first-order valence-corrected chi connectivity index (χ1v) is 16.6. The molecular weight excluding hydrogens is 576 g/mol. The Balaban J connectivity index is 1.07. The predicted molar refractivity (Wildman–Crippen MR) is 179 cm³/mol. The molecule has 2 saturated heterocycles. The molecule has 0 bridgehead atoms. The molecule has 9 heteroatoms. The van der Waals surface area contributed by atoms with Gasteiger partial charge in [-0.25, -0.2) is 9.97 Å². The first kappa shape index (κ1) is 29.2. The van der Waals surface area contributed by atoms with Gasteiger partial charge in [0.05, 0.1) is 41.6 Å². The Morgan fingerprint density at radius 1 is 1.09 bits per heavy atom. The summed E-state index contributed by atoms with van der Waals surface area (Å²) in [7, 11) is 1.76. The summed E-state index contributed by atoms with van der Waals surface area (Å²) in [4.78, 5) is 32.0. The summed E-state index contributed by atoms with van der Waals surface area (Å²) in [6, 6.07) is 15.4. The van der Waals surface area contributed by atoms with Crippen molar-refractivity contribution < 1.29 is 14.3 Å². The molecule has 4 atom stereocenters. The summed E-state index contributed by atoms with van der Waals surface area (Å²) < 4.78 is 11.8. The number of benzene rings is 3. The summed E-state index contributed by atoms with van der Waals surface area (Å²) in [5.41, 5.74) is 7.47. The summed E-state index contributed by atoms with van der Waals surface area (Å²) in [6.45, 7) is 9.40. The SMILES string of the molecule is COC[C@@H]1CN[C@H](c2nc3c(ccc4cc5c(cc43)OCc3cc(-c4cnc([C@@H]6C[C@H](C)CN6C(=O)CC(C)C)[nH]4)ccc3-5)[nH]2)C1. The Hall–Kier alpha value is -4.21. The Labute approximate surface area is 269 Å². The van der Waals surface area contributed by atoms with Crippen molar-refractivity contribution in [3.8, 4) is 28.1 Å². The molecule has 1 amide bonds. The maximum absolute atomic E-state index is 13.0. The Morgan fingerprint density at radius 2 is 1.98 bits per heavy atom. The third kappa shape index (κ3) is 5.15. The minimum Gasteiger partial charge on any atom is -0.488 e. The van der Waals surface area contributed by atoms with Gasteiger partial charge in [-0.1, -0.05) is 39.0 Å². The van der Waals surface area contributed by atoms with Crippen LogP contribution in [0.15, 0.2) is 48.7 Å². The number of nitrogens with one attached hydrogen (secondary N) is 3. The lowest BCUT2D eigenvalue weighted by molar-refractivity contribution is -0.133. The van der Waals surface area contributed by atoms with Crippen LogP contribution in [0.3, 0.4) is 0 Å². The van der Waals surface area contributed by atoms with Crippen molar-refractivity contribution in [1.29, 1.82) is 0 Å². The lowest BCUT2D eigenvalue weighted by Crippen LogP contribution is -2.32. The summed E-state index contributed by atoms with van der Waals surface area (Å²) in [6.07, 6.45) is 4.41. The zero-order valence-electron chi connectivity index (χ0n) is 27.0. The second kappa shape index (κ2) is 11.5. The van der Waals surface area contributed by atoms with Crippen molar-refractivity contribution >= 4 is 27.7 Å². The lowest BCUT2D eigenvalue weighted by Gasteiger charge is -2.24. The maximum atomic E-state index is 13.0. The summed E-state index contributed by atoms with van der Waals surface area (Å²) >= 11 is 0. The number of carbonyl (C=O) groups is 1. The monoisotopic (exact) mass is 618 g/mol. The number of methoxy groups -OCH3 is 1. The fourth-order valence-electron chi connectivity index (χ4n) is 7.72. The fourth-order valence-corrected chi connectivity index (χ4v) is 7.72. The number of imidazole rings is 2. The highest BCUT2D eigenvalue weighted by Crippen LogP contribution is 2.43. The molecule has 5 heterocycles. The van der Waals surface area contributed by atoms with Gasteiger partial charge in [0.1, 0.15) is 24.0 Å². The van der Waals surface area contributed by atoms with E-state index in [2.05, 4.69) is 78.5 Å². The molecule has 3 aromatic carbocycles. The molecule has 0 unspecified atom stereocenters. The number of fused-ring (bicyclic) bond motifs is 6. The van der Waals surface area contributed by atoms with Gasteiger partial charge < -0.3 is 29.7 Å². The first-order valence-electron chi connectivity index (χ1n) is 16.6. The van der Waals surface area contributed by atoms with Crippen LogP contribution >= 0.6 is 0 Å². The lowest BCUT2D eigenvalue weighted by atomic mass is 9.92. The molecular formula is C37H42N6O3. The zero-order valence-corrected chi connectivity index (χ0v) is 27.0. The van der Waals surface area contributed by atoms with E-state index in [1.165, 1.54) is 5.56 Å². The third-order valence-corrected chi connectivity index (χ3v) is 9.96. The summed E-state index contributed by atoms with van der Waals surface area (Å²) in [5.74, 6) is 4.25. The van der Waals surface area contributed by atoms with Crippen molar-refractivity contribution in [1.82, 2.24) is 30.2 Å². The van der Waals surface area contributed by atoms with Gasteiger partial charge in [0.15, 0.2) is 0 Å². The minimum absolute atomic E-state index is 0.00446. The molecule has 2 fully saturated rings. The smallest absolute Gasteiger partial charge is 0.223 e. The first-order chi connectivity index (χ1) is 22.3. The number of ether oxygens (including phenoxy) is 2. The van der Waals surface area contributed by atoms with E-state index in [1.807, 2.05) is 11.1 Å². The molecule has 8 rings (SSSR count). The third-order valence-electron chi connectivity index (χ3n) is 9.96. The van der Waals surface area contributed by atoms with E-state index in [0.29, 0.717) is 30.8 Å². The number of amides is 1. The number of H-pyrrole nitrogens is 2. The molecule has 9 nitrogen and oxygen atoms in total. The van der Waals surface area contributed by atoms with Crippen LogP contribution in [0.1, 0.15) is 69.3 Å². The highest BCUT2D eigenvalue weighted by molar-refractivity contribution is 6.07. The molecule has 3 N–H and O–H groups in total. The van der Waals surface area contributed by atoms with E-state index in [0.717, 1.165) is 94.1 Å². The van der Waals surface area contributed by atoms with Gasteiger partial charge in [-0.2, -0.15) is 0 Å². The van der Waals surface area contributed by atoms with Crippen molar-refractivity contribution in [2.75, 3.05) is 26.8 Å². The molecule has 0 radical (unpaired) electrons. The fraction of sp³-hybridized carbons (Fsp3) is 0.432. The number of likely N-dealkylation sites (tertiary alicyclic amines) is 1. The van der Waals surface area contributed by atoms with Gasteiger partial charge in [-0.15, -0.1) is 0 Å². The topological polar surface area (TPSA) is 108 Å². The Morgan fingerprint density at radius 3 is 2.83 bits per heavy atom. The Bertz CT molecular complexity index is 1940. The second-order valence-corrected chi connectivity index (χ2v) is 14.0. The quantitative estimate of drug-likeness (QED) is 0.183. The molecule has 5 aromatic rings. The van der Waals surface area contributed by atoms with Gasteiger partial charge >= 0.3 is 0 Å². The van der Waals surface area contributed by atoms with E-state index in [9.17, 15) is 4.79 Å². The number of rotatable bonds is 7. The van der Waals surface area contributed by atoms with Crippen LogP contribution in [0.5, 0.6) is 5.75 Å². The molecule has 3 aliphatic rings. The van der Waals surface area contributed by atoms with Gasteiger partial charge in [0.25, 0.3) is 0 Å². The van der Waals surface area contributed by atoms with Gasteiger partial charge in [0.2, 0.25) is 5.91 Å². The van der Waals surface area contributed by atoms with E-state index in [-0.39, 0.29) is 18.0 Å². The average Bonchev–Trinajstić information content (AvgIpc) is 3.85. The summed E-state index contributed by atoms with van der Waals surface area (Å²) in [5, 5.41) is 5.84. The molecule has 238 valence electrons. The molecule has 2 aromatic heterocycles. The van der Waals surface area contributed by atoms with Crippen molar-refractivity contribution in [3.05, 3.63) is 65.9 Å². The largest absolute Gasteiger partial charge is 0.488 e. The molecule has 3 aliphatic heterocycles. The Kier molecular flexibility index (Phi) is 7.33. The van der Waals surface area contributed by atoms with E-state index < -0.39 is 0 Å². The number of aromatic nitrogens is 4.